The van der Waals surface area contributed by atoms with E-state index in [1.165, 1.54) is 12.1 Å². The quantitative estimate of drug-likeness (QED) is 0.740. The first-order valence-corrected chi connectivity index (χ1v) is 4.33. The van der Waals surface area contributed by atoms with Crippen molar-refractivity contribution in [1.82, 2.24) is 5.32 Å². The number of rotatable bonds is 4. The van der Waals surface area contributed by atoms with Crippen molar-refractivity contribution < 1.29 is 9.50 Å². The molecule has 0 radical (unpaired) electrons. The van der Waals surface area contributed by atoms with Gasteiger partial charge in [0.05, 0.1) is 6.61 Å². The number of hydrogen-bond donors (Lipinski definition) is 2. The van der Waals surface area contributed by atoms with Crippen molar-refractivity contribution in [3.63, 3.8) is 0 Å². The summed E-state index contributed by atoms with van der Waals surface area (Å²) in [6, 6.07) is 6.50. The monoisotopic (exact) mass is 183 g/mol. The van der Waals surface area contributed by atoms with Gasteiger partial charge in [-0.1, -0.05) is 12.1 Å². The van der Waals surface area contributed by atoms with Gasteiger partial charge in [0.25, 0.3) is 0 Å². The Morgan fingerprint density at radius 1 is 1.38 bits per heavy atom. The molecule has 0 heterocycles. The van der Waals surface area contributed by atoms with Crippen LogP contribution >= 0.6 is 0 Å². The van der Waals surface area contributed by atoms with Gasteiger partial charge in [-0.25, -0.2) is 4.39 Å². The van der Waals surface area contributed by atoms with Crippen LogP contribution in [0.15, 0.2) is 24.3 Å². The fraction of sp³-hybridized carbons (Fsp3) is 0.400. The molecule has 0 saturated carbocycles. The van der Waals surface area contributed by atoms with E-state index in [2.05, 4.69) is 5.32 Å². The molecule has 0 aliphatic rings. The fourth-order valence-corrected chi connectivity index (χ4v) is 1.15. The summed E-state index contributed by atoms with van der Waals surface area (Å²) in [6.07, 6.45) is 0. The maximum Gasteiger partial charge on any atom is 0.123 e. The van der Waals surface area contributed by atoms with Gasteiger partial charge in [0.2, 0.25) is 0 Å². The van der Waals surface area contributed by atoms with Crippen LogP contribution in [-0.4, -0.2) is 18.3 Å². The summed E-state index contributed by atoms with van der Waals surface area (Å²) in [5.74, 6) is -0.224. The second kappa shape index (κ2) is 4.94. The van der Waals surface area contributed by atoms with Crippen molar-refractivity contribution >= 4 is 0 Å². The minimum atomic E-state index is -0.224. The molecule has 13 heavy (non-hydrogen) atoms. The maximum atomic E-state index is 12.5. The highest BCUT2D eigenvalue weighted by atomic mass is 19.1. The van der Waals surface area contributed by atoms with Gasteiger partial charge in [-0.05, 0) is 24.6 Å². The summed E-state index contributed by atoms with van der Waals surface area (Å²) < 4.78 is 12.5. The van der Waals surface area contributed by atoms with Crippen LogP contribution in [0.4, 0.5) is 4.39 Å². The Morgan fingerprint density at radius 2 is 2.00 bits per heavy atom. The van der Waals surface area contributed by atoms with E-state index in [1.807, 2.05) is 6.92 Å². The number of aliphatic hydroxyl groups is 1. The zero-order chi connectivity index (χ0) is 9.68. The first kappa shape index (κ1) is 10.2. The molecule has 0 aromatic heterocycles. The fourth-order valence-electron chi connectivity index (χ4n) is 1.15. The third kappa shape index (κ3) is 3.13. The number of halogens is 1. The maximum absolute atomic E-state index is 12.5. The molecule has 1 atom stereocenters. The Morgan fingerprint density at radius 3 is 2.54 bits per heavy atom. The number of benzene rings is 1. The Kier molecular flexibility index (Phi) is 3.86. The van der Waals surface area contributed by atoms with E-state index in [1.54, 1.807) is 12.1 Å². The average Bonchev–Trinajstić information content (AvgIpc) is 2.15. The molecule has 72 valence electrons. The topological polar surface area (TPSA) is 32.3 Å². The van der Waals surface area contributed by atoms with Crippen LogP contribution in [0.1, 0.15) is 18.5 Å². The second-order valence-electron chi connectivity index (χ2n) is 2.95. The molecule has 2 N–H and O–H groups in total. The minimum Gasteiger partial charge on any atom is -0.395 e. The molecular formula is C10H14FNO. The predicted molar refractivity (Wildman–Crippen MR) is 49.9 cm³/mol. The minimum absolute atomic E-state index is 0.117. The third-order valence-electron chi connectivity index (χ3n) is 1.93. The number of nitrogens with one attached hydrogen (secondary N) is 1. The van der Waals surface area contributed by atoms with Crippen LogP contribution in [-0.2, 0) is 0 Å². The van der Waals surface area contributed by atoms with Gasteiger partial charge in [0, 0.05) is 12.6 Å². The summed E-state index contributed by atoms with van der Waals surface area (Å²) in [7, 11) is 0. The van der Waals surface area contributed by atoms with Gasteiger partial charge in [0.15, 0.2) is 0 Å². The van der Waals surface area contributed by atoms with Gasteiger partial charge in [0.1, 0.15) is 5.82 Å². The second-order valence-corrected chi connectivity index (χ2v) is 2.95. The van der Waals surface area contributed by atoms with Crippen LogP contribution in [0.25, 0.3) is 0 Å². The van der Waals surface area contributed by atoms with Crippen molar-refractivity contribution in [2.75, 3.05) is 13.2 Å². The molecule has 1 rings (SSSR count). The SMILES string of the molecule is C[C@H](NCCO)c1ccc(F)cc1. The summed E-state index contributed by atoms with van der Waals surface area (Å²) in [5.41, 5.74) is 1.02. The molecule has 0 saturated heterocycles. The molecule has 0 fully saturated rings. The van der Waals surface area contributed by atoms with Crippen LogP contribution in [0.3, 0.4) is 0 Å². The highest BCUT2D eigenvalue weighted by molar-refractivity contribution is 5.19. The molecule has 0 amide bonds. The average molecular weight is 183 g/mol. The van der Waals surface area contributed by atoms with Gasteiger partial charge in [-0.3, -0.25) is 0 Å². The van der Waals surface area contributed by atoms with Crippen molar-refractivity contribution in [3.8, 4) is 0 Å². The van der Waals surface area contributed by atoms with E-state index in [0.29, 0.717) is 6.54 Å². The molecule has 0 aliphatic carbocycles. The van der Waals surface area contributed by atoms with Crippen LogP contribution in [0.2, 0.25) is 0 Å². The number of aliphatic hydroxyl groups excluding tert-OH is 1. The zero-order valence-electron chi connectivity index (χ0n) is 7.63. The van der Waals surface area contributed by atoms with E-state index in [0.717, 1.165) is 5.56 Å². The van der Waals surface area contributed by atoms with Gasteiger partial charge in [-0.2, -0.15) is 0 Å². The Labute approximate surface area is 77.4 Å². The first-order chi connectivity index (χ1) is 6.24. The van der Waals surface area contributed by atoms with Crippen LogP contribution in [0, 0.1) is 5.82 Å². The highest BCUT2D eigenvalue weighted by Crippen LogP contribution is 2.11. The van der Waals surface area contributed by atoms with E-state index < -0.39 is 0 Å². The van der Waals surface area contributed by atoms with E-state index in [-0.39, 0.29) is 18.5 Å². The van der Waals surface area contributed by atoms with Crippen molar-refractivity contribution in [2.24, 2.45) is 0 Å². The number of hydrogen-bond acceptors (Lipinski definition) is 2. The van der Waals surface area contributed by atoms with Crippen molar-refractivity contribution in [1.29, 1.82) is 0 Å². The summed E-state index contributed by atoms with van der Waals surface area (Å²) in [6.45, 7) is 2.65. The molecule has 0 unspecified atom stereocenters. The van der Waals surface area contributed by atoms with Gasteiger partial charge < -0.3 is 10.4 Å². The van der Waals surface area contributed by atoms with Crippen molar-refractivity contribution in [2.45, 2.75) is 13.0 Å². The molecule has 1 aromatic carbocycles. The molecule has 0 bridgehead atoms. The molecule has 2 nitrogen and oxygen atoms in total. The lowest BCUT2D eigenvalue weighted by molar-refractivity contribution is 0.286. The van der Waals surface area contributed by atoms with Gasteiger partial charge in [-0.15, -0.1) is 0 Å². The molecule has 3 heteroatoms. The molecule has 0 spiro atoms. The van der Waals surface area contributed by atoms with E-state index >= 15 is 0 Å². The van der Waals surface area contributed by atoms with E-state index in [9.17, 15) is 4.39 Å². The molecular weight excluding hydrogens is 169 g/mol. The van der Waals surface area contributed by atoms with Crippen LogP contribution < -0.4 is 5.32 Å². The first-order valence-electron chi connectivity index (χ1n) is 4.33. The zero-order valence-corrected chi connectivity index (χ0v) is 7.63. The van der Waals surface area contributed by atoms with E-state index in [4.69, 9.17) is 5.11 Å². The highest BCUT2D eigenvalue weighted by Gasteiger charge is 2.02. The van der Waals surface area contributed by atoms with Crippen LogP contribution in [0.5, 0.6) is 0 Å². The summed E-state index contributed by atoms with van der Waals surface area (Å²) >= 11 is 0. The smallest absolute Gasteiger partial charge is 0.123 e. The lowest BCUT2D eigenvalue weighted by Gasteiger charge is -2.12. The summed E-state index contributed by atoms with van der Waals surface area (Å²) in [4.78, 5) is 0. The normalized spacial score (nSPS) is 12.8. The lowest BCUT2D eigenvalue weighted by Crippen LogP contribution is -2.21. The summed E-state index contributed by atoms with van der Waals surface area (Å²) in [5, 5.41) is 11.7. The molecule has 0 aliphatic heterocycles. The molecule has 1 aromatic rings. The predicted octanol–water partition coefficient (Wildman–Crippen LogP) is 1.47. The third-order valence-corrected chi connectivity index (χ3v) is 1.93. The lowest BCUT2D eigenvalue weighted by atomic mass is 10.1. The Balaban J connectivity index is 2.55. The Hall–Kier alpha value is -0.930. The van der Waals surface area contributed by atoms with Crippen molar-refractivity contribution in [3.05, 3.63) is 35.6 Å². The van der Waals surface area contributed by atoms with Gasteiger partial charge >= 0.3 is 0 Å². The largest absolute Gasteiger partial charge is 0.395 e. The Bertz CT molecular complexity index is 248. The standard InChI is InChI=1S/C10H14FNO/c1-8(12-6-7-13)9-2-4-10(11)5-3-9/h2-5,8,12-13H,6-7H2,1H3/t8-/m0/s1.